The third kappa shape index (κ3) is 5.46. The van der Waals surface area contributed by atoms with Crippen molar-refractivity contribution >= 4 is 29.9 Å². The van der Waals surface area contributed by atoms with Gasteiger partial charge < -0.3 is 15.1 Å². The molecule has 1 fully saturated rings. The normalized spacial score (nSPS) is 16.2. The van der Waals surface area contributed by atoms with E-state index < -0.39 is 0 Å². The molecular weight excluding hydrogens is 439 g/mol. The number of halogens is 1. The summed E-state index contributed by atoms with van der Waals surface area (Å²) in [6.07, 6.45) is 6.96. The highest BCUT2D eigenvalue weighted by Crippen LogP contribution is 2.36. The summed E-state index contributed by atoms with van der Waals surface area (Å²) in [5, 5.41) is 6.76. The molecule has 2 N–H and O–H groups in total. The summed E-state index contributed by atoms with van der Waals surface area (Å²) < 4.78 is 5.60. The van der Waals surface area contributed by atoms with E-state index in [0.29, 0.717) is 17.9 Å². The number of rotatable bonds is 5. The van der Waals surface area contributed by atoms with Crippen LogP contribution in [0.4, 0.5) is 0 Å². The summed E-state index contributed by atoms with van der Waals surface area (Å²) in [5.41, 5.74) is 3.48. The van der Waals surface area contributed by atoms with Gasteiger partial charge in [-0.3, -0.25) is 4.99 Å². The number of aliphatic imine (C=N–C) groups is 1. The van der Waals surface area contributed by atoms with Gasteiger partial charge in [-0.15, -0.1) is 24.0 Å². The Morgan fingerprint density at radius 3 is 2.54 bits per heavy atom. The first-order valence-electron chi connectivity index (χ1n) is 9.04. The molecule has 0 spiro atoms. The minimum Gasteiger partial charge on any atom is -0.444 e. The average molecular weight is 468 g/mol. The molecular formula is C20H29IN4O. The molecule has 1 saturated carbocycles. The van der Waals surface area contributed by atoms with E-state index in [-0.39, 0.29) is 24.0 Å². The predicted molar refractivity (Wildman–Crippen MR) is 117 cm³/mol. The van der Waals surface area contributed by atoms with Gasteiger partial charge in [0.15, 0.2) is 5.96 Å². The largest absolute Gasteiger partial charge is 0.444 e. The minimum absolute atomic E-state index is 0. The molecule has 0 amide bonds. The van der Waals surface area contributed by atoms with E-state index in [1.54, 1.807) is 13.3 Å². The second kappa shape index (κ2) is 9.39. The molecule has 1 aliphatic carbocycles. The third-order valence-electron chi connectivity index (χ3n) is 5.00. The Bertz CT molecular complexity index is 718. The van der Waals surface area contributed by atoms with E-state index in [1.165, 1.54) is 31.2 Å². The minimum atomic E-state index is 0. The first-order chi connectivity index (χ1) is 12.1. The van der Waals surface area contributed by atoms with Crippen molar-refractivity contribution in [3.05, 3.63) is 41.8 Å². The fourth-order valence-corrected chi connectivity index (χ4v) is 3.31. The van der Waals surface area contributed by atoms with Crippen molar-refractivity contribution < 1.29 is 4.42 Å². The van der Waals surface area contributed by atoms with E-state index in [9.17, 15) is 0 Å². The van der Waals surface area contributed by atoms with Crippen molar-refractivity contribution in [2.45, 2.75) is 46.1 Å². The van der Waals surface area contributed by atoms with Crippen LogP contribution in [0.15, 0.2) is 39.9 Å². The van der Waals surface area contributed by atoms with Crippen LogP contribution in [0.25, 0.3) is 11.5 Å². The molecule has 0 bridgehead atoms. The summed E-state index contributed by atoms with van der Waals surface area (Å²) in [7, 11) is 1.80. The SMILES string of the molecule is CN=C(NCc1coc(-c2ccc(C)cc2)n1)NCC1(C)CCCC1.I. The van der Waals surface area contributed by atoms with Crippen LogP contribution in [0, 0.1) is 12.3 Å². The van der Waals surface area contributed by atoms with Gasteiger partial charge in [-0.05, 0) is 37.3 Å². The van der Waals surface area contributed by atoms with E-state index in [0.717, 1.165) is 23.8 Å². The number of hydrogen-bond acceptors (Lipinski definition) is 3. The van der Waals surface area contributed by atoms with Gasteiger partial charge in [-0.2, -0.15) is 0 Å². The molecule has 2 aromatic rings. The summed E-state index contributed by atoms with van der Waals surface area (Å²) >= 11 is 0. The molecule has 0 atom stereocenters. The zero-order valence-electron chi connectivity index (χ0n) is 15.8. The Morgan fingerprint density at radius 2 is 1.88 bits per heavy atom. The molecule has 0 radical (unpaired) electrons. The molecule has 26 heavy (non-hydrogen) atoms. The molecule has 3 rings (SSSR count). The highest BCUT2D eigenvalue weighted by Gasteiger charge is 2.28. The Balaban J connectivity index is 0.00000243. The van der Waals surface area contributed by atoms with E-state index in [2.05, 4.69) is 46.6 Å². The number of oxazole rings is 1. The van der Waals surface area contributed by atoms with Crippen molar-refractivity contribution in [1.29, 1.82) is 0 Å². The number of nitrogens with zero attached hydrogens (tertiary/aromatic N) is 2. The molecule has 0 unspecified atom stereocenters. The number of benzene rings is 1. The van der Waals surface area contributed by atoms with E-state index in [4.69, 9.17) is 4.42 Å². The van der Waals surface area contributed by atoms with Gasteiger partial charge in [0, 0.05) is 19.2 Å². The lowest BCUT2D eigenvalue weighted by atomic mass is 9.89. The maximum Gasteiger partial charge on any atom is 0.226 e. The quantitative estimate of drug-likeness (QED) is 0.385. The first-order valence-corrected chi connectivity index (χ1v) is 9.04. The molecule has 1 aromatic carbocycles. The Labute approximate surface area is 173 Å². The van der Waals surface area contributed by atoms with Gasteiger partial charge >= 0.3 is 0 Å². The number of aryl methyl sites for hydroxylation is 1. The second-order valence-corrected chi connectivity index (χ2v) is 7.31. The van der Waals surface area contributed by atoms with Crippen LogP contribution in [0.3, 0.4) is 0 Å². The van der Waals surface area contributed by atoms with Crippen LogP contribution in [0.5, 0.6) is 0 Å². The van der Waals surface area contributed by atoms with Gasteiger partial charge in [0.05, 0.1) is 12.2 Å². The van der Waals surface area contributed by atoms with Crippen LogP contribution in [-0.2, 0) is 6.54 Å². The molecule has 0 aliphatic heterocycles. The molecule has 1 aromatic heterocycles. The predicted octanol–water partition coefficient (Wildman–Crippen LogP) is 4.51. The summed E-state index contributed by atoms with van der Waals surface area (Å²) in [4.78, 5) is 8.86. The summed E-state index contributed by atoms with van der Waals surface area (Å²) in [6.45, 7) is 5.97. The number of aromatic nitrogens is 1. The molecule has 1 aliphatic rings. The Morgan fingerprint density at radius 1 is 1.19 bits per heavy atom. The van der Waals surface area contributed by atoms with Gasteiger partial charge in [-0.25, -0.2) is 4.98 Å². The highest BCUT2D eigenvalue weighted by molar-refractivity contribution is 14.0. The summed E-state index contributed by atoms with van der Waals surface area (Å²) in [5.74, 6) is 1.46. The zero-order valence-corrected chi connectivity index (χ0v) is 18.2. The zero-order chi connectivity index (χ0) is 17.7. The molecule has 1 heterocycles. The van der Waals surface area contributed by atoms with Crippen LogP contribution in [0.2, 0.25) is 0 Å². The number of nitrogens with one attached hydrogen (secondary N) is 2. The molecule has 6 heteroatoms. The highest BCUT2D eigenvalue weighted by atomic mass is 127. The van der Waals surface area contributed by atoms with Crippen LogP contribution >= 0.6 is 24.0 Å². The monoisotopic (exact) mass is 468 g/mol. The third-order valence-corrected chi connectivity index (χ3v) is 5.00. The van der Waals surface area contributed by atoms with Crippen molar-refractivity contribution in [3.8, 4) is 11.5 Å². The smallest absolute Gasteiger partial charge is 0.226 e. The standard InChI is InChI=1S/C20H28N4O.HI/c1-15-6-8-16(9-7-15)18-24-17(13-25-18)12-22-19(21-3)23-14-20(2)10-4-5-11-20;/h6-9,13H,4-5,10-12,14H2,1-3H3,(H2,21,22,23);1H. The number of guanidine groups is 1. The topological polar surface area (TPSA) is 62.5 Å². The molecule has 142 valence electrons. The van der Waals surface area contributed by atoms with Gasteiger partial charge in [0.1, 0.15) is 6.26 Å². The Hall–Kier alpha value is -1.57. The summed E-state index contributed by atoms with van der Waals surface area (Å²) in [6, 6.07) is 8.18. The van der Waals surface area contributed by atoms with E-state index >= 15 is 0 Å². The van der Waals surface area contributed by atoms with Crippen LogP contribution in [0.1, 0.15) is 43.9 Å². The van der Waals surface area contributed by atoms with Crippen molar-refractivity contribution in [2.24, 2.45) is 10.4 Å². The van der Waals surface area contributed by atoms with Crippen molar-refractivity contribution in [2.75, 3.05) is 13.6 Å². The van der Waals surface area contributed by atoms with Gasteiger partial charge in [0.2, 0.25) is 5.89 Å². The molecule has 0 saturated heterocycles. The maximum atomic E-state index is 5.60. The van der Waals surface area contributed by atoms with Crippen LogP contribution in [-0.4, -0.2) is 24.5 Å². The number of hydrogen-bond donors (Lipinski definition) is 2. The first kappa shape index (κ1) is 20.7. The van der Waals surface area contributed by atoms with Gasteiger partial charge in [-0.1, -0.05) is 37.5 Å². The maximum absolute atomic E-state index is 5.60. The average Bonchev–Trinajstić information content (AvgIpc) is 3.25. The lowest BCUT2D eigenvalue weighted by molar-refractivity contribution is 0.334. The second-order valence-electron chi connectivity index (χ2n) is 7.31. The fourth-order valence-electron chi connectivity index (χ4n) is 3.31. The van der Waals surface area contributed by atoms with Crippen LogP contribution < -0.4 is 10.6 Å². The fraction of sp³-hybridized carbons (Fsp3) is 0.500. The van der Waals surface area contributed by atoms with Crippen molar-refractivity contribution in [1.82, 2.24) is 15.6 Å². The van der Waals surface area contributed by atoms with Crippen molar-refractivity contribution in [3.63, 3.8) is 0 Å². The lowest BCUT2D eigenvalue weighted by Gasteiger charge is -2.25. The Kier molecular flexibility index (Phi) is 7.49. The molecule has 5 nitrogen and oxygen atoms in total. The van der Waals surface area contributed by atoms with E-state index in [1.807, 2.05) is 12.1 Å². The lowest BCUT2D eigenvalue weighted by Crippen LogP contribution is -2.41. The van der Waals surface area contributed by atoms with Gasteiger partial charge in [0.25, 0.3) is 0 Å².